The number of rotatable bonds is 3. The first-order valence-corrected chi connectivity index (χ1v) is 5.44. The maximum absolute atomic E-state index is 11.7. The van der Waals surface area contributed by atoms with Crippen LogP contribution in [0.3, 0.4) is 0 Å². The van der Waals surface area contributed by atoms with Gasteiger partial charge in [-0.25, -0.2) is 0 Å². The Hall–Kier alpha value is -1.14. The summed E-state index contributed by atoms with van der Waals surface area (Å²) in [6, 6.07) is 9.50. The highest BCUT2D eigenvalue weighted by Gasteiger charge is 2.28. The highest BCUT2D eigenvalue weighted by Crippen LogP contribution is 2.26. The summed E-state index contributed by atoms with van der Waals surface area (Å²) in [7, 11) is 0. The molecule has 0 aliphatic rings. The minimum Gasteiger partial charge on any atom is -0.298 e. The van der Waals surface area contributed by atoms with Gasteiger partial charge in [0.15, 0.2) is 5.78 Å². The fourth-order valence-electron chi connectivity index (χ4n) is 1.32. The summed E-state index contributed by atoms with van der Waals surface area (Å²) in [4.78, 5) is 11.7. The SMILES string of the molecule is CC(C)(C(=O)CC#N)c1ccc(Br)cc1. The molecule has 3 heteroatoms. The summed E-state index contributed by atoms with van der Waals surface area (Å²) in [6.45, 7) is 3.69. The second-order valence-corrected chi connectivity index (χ2v) is 4.81. The Balaban J connectivity index is 3.01. The maximum Gasteiger partial charge on any atom is 0.156 e. The van der Waals surface area contributed by atoms with Crippen LogP contribution in [-0.4, -0.2) is 5.78 Å². The summed E-state index contributed by atoms with van der Waals surface area (Å²) in [5.74, 6) is -0.0488. The van der Waals surface area contributed by atoms with Crippen molar-refractivity contribution in [2.75, 3.05) is 0 Å². The number of nitrogens with zero attached hydrogens (tertiary/aromatic N) is 1. The molecule has 0 N–H and O–H groups in total. The number of nitriles is 1. The van der Waals surface area contributed by atoms with Crippen LogP contribution in [0.25, 0.3) is 0 Å². The van der Waals surface area contributed by atoms with E-state index in [1.54, 1.807) is 0 Å². The summed E-state index contributed by atoms with van der Waals surface area (Å²) in [5, 5.41) is 8.51. The molecule has 0 bridgehead atoms. The van der Waals surface area contributed by atoms with Gasteiger partial charge in [0.1, 0.15) is 0 Å². The number of Topliss-reactive ketones (excluding diaryl/α,β-unsaturated/α-hetero) is 1. The van der Waals surface area contributed by atoms with Crippen LogP contribution in [0.15, 0.2) is 28.7 Å². The number of benzene rings is 1. The van der Waals surface area contributed by atoms with Gasteiger partial charge < -0.3 is 0 Å². The van der Waals surface area contributed by atoms with Crippen molar-refractivity contribution in [2.24, 2.45) is 0 Å². The van der Waals surface area contributed by atoms with Crippen LogP contribution in [0.5, 0.6) is 0 Å². The molecule has 0 saturated carbocycles. The third-order valence-corrected chi connectivity index (χ3v) is 3.03. The second kappa shape index (κ2) is 4.59. The van der Waals surface area contributed by atoms with Gasteiger partial charge in [-0.2, -0.15) is 5.26 Å². The molecule has 0 unspecified atom stereocenters. The first-order chi connectivity index (χ1) is 6.98. The topological polar surface area (TPSA) is 40.9 Å². The van der Waals surface area contributed by atoms with Gasteiger partial charge in [-0.05, 0) is 31.5 Å². The van der Waals surface area contributed by atoms with Crippen LogP contribution in [0, 0.1) is 11.3 Å². The van der Waals surface area contributed by atoms with Crippen molar-refractivity contribution < 1.29 is 4.79 Å². The number of carbonyl (C=O) groups is 1. The van der Waals surface area contributed by atoms with E-state index in [1.807, 2.05) is 44.2 Å². The zero-order chi connectivity index (χ0) is 11.5. The van der Waals surface area contributed by atoms with E-state index in [0.717, 1.165) is 10.0 Å². The summed E-state index contributed by atoms with van der Waals surface area (Å²) < 4.78 is 0.981. The van der Waals surface area contributed by atoms with Gasteiger partial charge in [-0.15, -0.1) is 0 Å². The van der Waals surface area contributed by atoms with Gasteiger partial charge in [-0.1, -0.05) is 28.1 Å². The van der Waals surface area contributed by atoms with E-state index < -0.39 is 5.41 Å². The Kier molecular flexibility index (Phi) is 3.65. The molecule has 0 saturated heterocycles. The number of carbonyl (C=O) groups excluding carboxylic acids is 1. The first-order valence-electron chi connectivity index (χ1n) is 4.65. The lowest BCUT2D eigenvalue weighted by molar-refractivity contribution is -0.122. The van der Waals surface area contributed by atoms with Crippen LogP contribution < -0.4 is 0 Å². The quantitative estimate of drug-likeness (QED) is 0.842. The van der Waals surface area contributed by atoms with Crippen molar-refractivity contribution in [3.8, 4) is 6.07 Å². The number of hydrogen-bond donors (Lipinski definition) is 0. The highest BCUT2D eigenvalue weighted by molar-refractivity contribution is 9.10. The third kappa shape index (κ3) is 2.66. The van der Waals surface area contributed by atoms with Gasteiger partial charge in [0.25, 0.3) is 0 Å². The predicted molar refractivity (Wildman–Crippen MR) is 62.4 cm³/mol. The minimum absolute atomic E-state index is 0.0386. The Bertz CT molecular complexity index is 401. The molecule has 0 atom stereocenters. The highest BCUT2D eigenvalue weighted by atomic mass is 79.9. The molecule has 2 nitrogen and oxygen atoms in total. The molecule has 0 aliphatic carbocycles. The van der Waals surface area contributed by atoms with Gasteiger partial charge in [0.05, 0.1) is 12.5 Å². The average molecular weight is 266 g/mol. The van der Waals surface area contributed by atoms with Crippen molar-refractivity contribution in [1.82, 2.24) is 0 Å². The normalized spacial score (nSPS) is 10.8. The number of ketones is 1. The standard InChI is InChI=1S/C12H12BrNO/c1-12(2,11(15)7-8-14)9-3-5-10(13)6-4-9/h3-6H,7H2,1-2H3. The van der Waals surface area contributed by atoms with Crippen LogP contribution in [0.1, 0.15) is 25.8 Å². The molecule has 15 heavy (non-hydrogen) atoms. The third-order valence-electron chi connectivity index (χ3n) is 2.50. The molecule has 0 heterocycles. The lowest BCUT2D eigenvalue weighted by Crippen LogP contribution is -2.28. The minimum atomic E-state index is -0.587. The molecule has 0 spiro atoms. The Morgan fingerprint density at radius 2 is 1.93 bits per heavy atom. The lowest BCUT2D eigenvalue weighted by atomic mass is 9.80. The summed E-state index contributed by atoms with van der Waals surface area (Å²) in [5.41, 5.74) is 0.349. The zero-order valence-corrected chi connectivity index (χ0v) is 10.3. The van der Waals surface area contributed by atoms with E-state index in [9.17, 15) is 4.79 Å². The van der Waals surface area contributed by atoms with Crippen molar-refractivity contribution in [1.29, 1.82) is 5.26 Å². The summed E-state index contributed by atoms with van der Waals surface area (Å²) in [6.07, 6.45) is -0.0386. The molecule has 1 rings (SSSR count). The van der Waals surface area contributed by atoms with Crippen LogP contribution >= 0.6 is 15.9 Å². The Morgan fingerprint density at radius 1 is 1.40 bits per heavy atom. The molecule has 1 aromatic rings. The number of hydrogen-bond acceptors (Lipinski definition) is 2. The van der Waals surface area contributed by atoms with E-state index in [1.165, 1.54) is 0 Å². The van der Waals surface area contributed by atoms with E-state index >= 15 is 0 Å². The molecule has 78 valence electrons. The Morgan fingerprint density at radius 3 is 2.40 bits per heavy atom. The molecule has 0 fully saturated rings. The molecular weight excluding hydrogens is 254 g/mol. The van der Waals surface area contributed by atoms with Crippen molar-refractivity contribution >= 4 is 21.7 Å². The first kappa shape index (κ1) is 11.9. The predicted octanol–water partition coefficient (Wildman–Crippen LogP) is 3.21. The van der Waals surface area contributed by atoms with Gasteiger partial charge in [0, 0.05) is 9.89 Å². The van der Waals surface area contributed by atoms with Crippen molar-refractivity contribution in [3.05, 3.63) is 34.3 Å². The number of halogens is 1. The molecule has 1 aromatic carbocycles. The fraction of sp³-hybridized carbons (Fsp3) is 0.333. The van der Waals surface area contributed by atoms with Gasteiger partial charge in [-0.3, -0.25) is 4.79 Å². The van der Waals surface area contributed by atoms with Crippen LogP contribution in [0.4, 0.5) is 0 Å². The summed E-state index contributed by atoms with van der Waals surface area (Å²) >= 11 is 3.34. The van der Waals surface area contributed by atoms with E-state index in [-0.39, 0.29) is 12.2 Å². The van der Waals surface area contributed by atoms with Crippen molar-refractivity contribution in [2.45, 2.75) is 25.7 Å². The molecule has 0 radical (unpaired) electrons. The zero-order valence-electron chi connectivity index (χ0n) is 8.75. The molecule has 0 aromatic heterocycles. The lowest BCUT2D eigenvalue weighted by Gasteiger charge is -2.22. The smallest absolute Gasteiger partial charge is 0.156 e. The van der Waals surface area contributed by atoms with Crippen LogP contribution in [0.2, 0.25) is 0 Å². The largest absolute Gasteiger partial charge is 0.298 e. The average Bonchev–Trinajstić information content (AvgIpc) is 2.18. The fourth-order valence-corrected chi connectivity index (χ4v) is 1.58. The Labute approximate surface area is 98.0 Å². The monoisotopic (exact) mass is 265 g/mol. The van der Waals surface area contributed by atoms with E-state index in [4.69, 9.17) is 5.26 Å². The second-order valence-electron chi connectivity index (χ2n) is 3.89. The molecular formula is C12H12BrNO. The van der Waals surface area contributed by atoms with E-state index in [0.29, 0.717) is 0 Å². The maximum atomic E-state index is 11.7. The van der Waals surface area contributed by atoms with Gasteiger partial charge >= 0.3 is 0 Å². The molecule has 0 aliphatic heterocycles. The molecule has 0 amide bonds. The van der Waals surface area contributed by atoms with Gasteiger partial charge in [0.2, 0.25) is 0 Å². The van der Waals surface area contributed by atoms with Crippen LogP contribution in [-0.2, 0) is 10.2 Å². The van der Waals surface area contributed by atoms with E-state index in [2.05, 4.69) is 15.9 Å². The van der Waals surface area contributed by atoms with Crippen molar-refractivity contribution in [3.63, 3.8) is 0 Å².